The monoisotopic (exact) mass is 209 g/mol. The number of nitrogens with zero attached hydrogens (tertiary/aromatic N) is 2. The van der Waals surface area contributed by atoms with E-state index in [9.17, 15) is 0 Å². The smallest absolute Gasteiger partial charge is 0.219 e. The molecular formula is C11H19N3O. The van der Waals surface area contributed by atoms with E-state index in [0.29, 0.717) is 5.92 Å². The molecule has 1 aromatic rings. The number of nitrogens with one attached hydrogen (secondary N) is 1. The van der Waals surface area contributed by atoms with Crippen LogP contribution in [0.4, 0.5) is 0 Å². The standard InChI is InChI=1S/C11H19N3O/c1-3-8(2)11-14-13-10(15-11)6-7-12-9-4-5-9/h8-9,12H,3-7H2,1-2H3. The third kappa shape index (κ3) is 3.02. The zero-order valence-electron chi connectivity index (χ0n) is 9.49. The molecule has 1 atom stereocenters. The highest BCUT2D eigenvalue weighted by molar-refractivity contribution is 4.90. The summed E-state index contributed by atoms with van der Waals surface area (Å²) in [5.74, 6) is 1.92. The fourth-order valence-corrected chi connectivity index (χ4v) is 1.41. The van der Waals surface area contributed by atoms with Crippen LogP contribution in [0, 0.1) is 0 Å². The Morgan fingerprint density at radius 1 is 1.47 bits per heavy atom. The zero-order valence-corrected chi connectivity index (χ0v) is 9.49. The van der Waals surface area contributed by atoms with Crippen LogP contribution in [0.15, 0.2) is 4.42 Å². The first-order chi connectivity index (χ1) is 7.29. The summed E-state index contributed by atoms with van der Waals surface area (Å²) in [5, 5.41) is 11.5. The fraction of sp³-hybridized carbons (Fsp3) is 0.818. The van der Waals surface area contributed by atoms with Gasteiger partial charge in [0.1, 0.15) is 0 Å². The van der Waals surface area contributed by atoms with Crippen molar-refractivity contribution in [2.45, 2.75) is 51.5 Å². The third-order valence-electron chi connectivity index (χ3n) is 2.87. The molecule has 1 saturated carbocycles. The Bertz CT molecular complexity index is 307. The van der Waals surface area contributed by atoms with Gasteiger partial charge in [0.15, 0.2) is 0 Å². The van der Waals surface area contributed by atoms with Crippen LogP contribution in [-0.2, 0) is 6.42 Å². The van der Waals surface area contributed by atoms with Crippen LogP contribution in [0.25, 0.3) is 0 Å². The maximum Gasteiger partial charge on any atom is 0.219 e. The Balaban J connectivity index is 1.77. The van der Waals surface area contributed by atoms with Gasteiger partial charge in [-0.25, -0.2) is 0 Å². The first kappa shape index (κ1) is 10.6. The van der Waals surface area contributed by atoms with Gasteiger partial charge in [-0.1, -0.05) is 13.8 Å². The number of rotatable bonds is 6. The molecule has 1 aliphatic rings. The minimum Gasteiger partial charge on any atom is -0.425 e. The molecule has 1 aliphatic carbocycles. The molecule has 0 aliphatic heterocycles. The molecule has 0 saturated heterocycles. The molecule has 1 fully saturated rings. The average molecular weight is 209 g/mol. The van der Waals surface area contributed by atoms with Gasteiger partial charge < -0.3 is 9.73 Å². The summed E-state index contributed by atoms with van der Waals surface area (Å²) in [6.07, 6.45) is 4.53. The molecular weight excluding hydrogens is 190 g/mol. The lowest BCUT2D eigenvalue weighted by atomic mass is 10.1. The molecule has 2 rings (SSSR count). The lowest BCUT2D eigenvalue weighted by Crippen LogP contribution is -2.19. The van der Waals surface area contributed by atoms with Gasteiger partial charge in [-0.05, 0) is 19.3 Å². The predicted octanol–water partition coefficient (Wildman–Crippen LogP) is 1.88. The van der Waals surface area contributed by atoms with E-state index in [0.717, 1.165) is 37.2 Å². The van der Waals surface area contributed by atoms with Crippen LogP contribution in [0.3, 0.4) is 0 Å². The summed E-state index contributed by atoms with van der Waals surface area (Å²) >= 11 is 0. The lowest BCUT2D eigenvalue weighted by Gasteiger charge is -2.00. The fourth-order valence-electron chi connectivity index (χ4n) is 1.41. The molecule has 1 aromatic heterocycles. The van der Waals surface area contributed by atoms with Crippen molar-refractivity contribution in [3.63, 3.8) is 0 Å². The summed E-state index contributed by atoms with van der Waals surface area (Å²) in [7, 11) is 0. The van der Waals surface area contributed by atoms with E-state index in [1.54, 1.807) is 0 Å². The van der Waals surface area contributed by atoms with Crippen LogP contribution in [0.5, 0.6) is 0 Å². The van der Waals surface area contributed by atoms with Gasteiger partial charge in [-0.2, -0.15) is 0 Å². The highest BCUT2D eigenvalue weighted by Gasteiger charge is 2.20. The maximum atomic E-state index is 5.58. The van der Waals surface area contributed by atoms with Gasteiger partial charge in [-0.15, -0.1) is 10.2 Å². The largest absolute Gasteiger partial charge is 0.425 e. The van der Waals surface area contributed by atoms with Crippen molar-refractivity contribution in [3.8, 4) is 0 Å². The summed E-state index contributed by atoms with van der Waals surface area (Å²) in [6.45, 7) is 5.19. The summed E-state index contributed by atoms with van der Waals surface area (Å²) in [4.78, 5) is 0. The van der Waals surface area contributed by atoms with E-state index < -0.39 is 0 Å². The molecule has 84 valence electrons. The summed E-state index contributed by atoms with van der Waals surface area (Å²) < 4.78 is 5.58. The van der Waals surface area contributed by atoms with Crippen LogP contribution < -0.4 is 5.32 Å². The number of aromatic nitrogens is 2. The quantitative estimate of drug-likeness (QED) is 0.777. The molecule has 15 heavy (non-hydrogen) atoms. The molecule has 0 aromatic carbocycles. The second-order valence-corrected chi connectivity index (χ2v) is 4.32. The Morgan fingerprint density at radius 3 is 2.93 bits per heavy atom. The van der Waals surface area contributed by atoms with Crippen molar-refractivity contribution in [1.82, 2.24) is 15.5 Å². The second kappa shape index (κ2) is 4.75. The maximum absolute atomic E-state index is 5.58. The molecule has 0 spiro atoms. The van der Waals surface area contributed by atoms with E-state index in [2.05, 4.69) is 29.4 Å². The topological polar surface area (TPSA) is 51.0 Å². The highest BCUT2D eigenvalue weighted by atomic mass is 16.4. The lowest BCUT2D eigenvalue weighted by molar-refractivity contribution is 0.416. The van der Waals surface area contributed by atoms with E-state index in [1.165, 1.54) is 12.8 Å². The second-order valence-electron chi connectivity index (χ2n) is 4.32. The first-order valence-corrected chi connectivity index (χ1v) is 5.85. The Kier molecular flexibility index (Phi) is 3.36. The molecule has 1 N–H and O–H groups in total. The molecule has 4 nitrogen and oxygen atoms in total. The van der Waals surface area contributed by atoms with Gasteiger partial charge in [-0.3, -0.25) is 0 Å². The highest BCUT2D eigenvalue weighted by Crippen LogP contribution is 2.19. The van der Waals surface area contributed by atoms with E-state index >= 15 is 0 Å². The van der Waals surface area contributed by atoms with Crippen molar-refractivity contribution in [2.24, 2.45) is 0 Å². The van der Waals surface area contributed by atoms with Crippen molar-refractivity contribution < 1.29 is 4.42 Å². The normalized spacial score (nSPS) is 18.0. The summed E-state index contributed by atoms with van der Waals surface area (Å²) in [5.41, 5.74) is 0. The molecule has 0 bridgehead atoms. The van der Waals surface area contributed by atoms with Gasteiger partial charge >= 0.3 is 0 Å². The Labute approximate surface area is 90.5 Å². The van der Waals surface area contributed by atoms with E-state index in [-0.39, 0.29) is 0 Å². The first-order valence-electron chi connectivity index (χ1n) is 5.85. The van der Waals surface area contributed by atoms with Crippen LogP contribution in [0.2, 0.25) is 0 Å². The van der Waals surface area contributed by atoms with Crippen LogP contribution in [-0.4, -0.2) is 22.8 Å². The molecule has 1 heterocycles. The average Bonchev–Trinajstić information content (AvgIpc) is 2.94. The molecule has 0 amide bonds. The third-order valence-corrected chi connectivity index (χ3v) is 2.87. The Hall–Kier alpha value is -0.900. The Morgan fingerprint density at radius 2 is 2.27 bits per heavy atom. The van der Waals surface area contributed by atoms with Crippen molar-refractivity contribution >= 4 is 0 Å². The SMILES string of the molecule is CCC(C)c1nnc(CCNC2CC2)o1. The number of hydrogen-bond donors (Lipinski definition) is 1. The van der Waals surface area contributed by atoms with Gasteiger partial charge in [0.25, 0.3) is 0 Å². The summed E-state index contributed by atoms with van der Waals surface area (Å²) in [6, 6.07) is 0.752. The van der Waals surface area contributed by atoms with Crippen molar-refractivity contribution in [2.75, 3.05) is 6.54 Å². The number of hydrogen-bond acceptors (Lipinski definition) is 4. The van der Waals surface area contributed by atoms with Crippen LogP contribution in [0.1, 0.15) is 50.8 Å². The van der Waals surface area contributed by atoms with Crippen LogP contribution >= 0.6 is 0 Å². The van der Waals surface area contributed by atoms with Gasteiger partial charge in [0, 0.05) is 24.9 Å². The van der Waals surface area contributed by atoms with E-state index in [4.69, 9.17) is 4.42 Å². The molecule has 1 unspecified atom stereocenters. The van der Waals surface area contributed by atoms with E-state index in [1.807, 2.05) is 0 Å². The van der Waals surface area contributed by atoms with Gasteiger partial charge in [0.05, 0.1) is 0 Å². The van der Waals surface area contributed by atoms with Crippen molar-refractivity contribution in [3.05, 3.63) is 11.8 Å². The zero-order chi connectivity index (χ0) is 10.7. The van der Waals surface area contributed by atoms with Crippen molar-refractivity contribution in [1.29, 1.82) is 0 Å². The minimum atomic E-state index is 0.377. The minimum absolute atomic E-state index is 0.377. The van der Waals surface area contributed by atoms with Gasteiger partial charge in [0.2, 0.25) is 11.8 Å². The molecule has 0 radical (unpaired) electrons. The predicted molar refractivity (Wildman–Crippen MR) is 57.7 cm³/mol. The molecule has 4 heteroatoms.